The third kappa shape index (κ3) is 6.59. The van der Waals surface area contributed by atoms with Crippen LogP contribution >= 0.6 is 11.3 Å². The number of amides is 1. The van der Waals surface area contributed by atoms with Crippen molar-refractivity contribution in [1.29, 1.82) is 0 Å². The fourth-order valence-corrected chi connectivity index (χ4v) is 4.98. The van der Waals surface area contributed by atoms with E-state index in [0.717, 1.165) is 36.0 Å². The highest BCUT2D eigenvalue weighted by Gasteiger charge is 2.20. The van der Waals surface area contributed by atoms with Crippen LogP contribution < -0.4 is 10.0 Å². The molecule has 0 fully saturated rings. The number of carbonyl (C=O) groups is 1. The van der Waals surface area contributed by atoms with E-state index in [1.165, 1.54) is 43.3 Å². The van der Waals surface area contributed by atoms with Gasteiger partial charge in [-0.3, -0.25) is 19.6 Å². The number of anilines is 1. The maximum Gasteiger partial charge on any atom is 0.273 e. The zero-order valence-electron chi connectivity index (χ0n) is 18.2. The molecule has 0 atom stereocenters. The predicted molar refractivity (Wildman–Crippen MR) is 127 cm³/mol. The molecule has 0 unspecified atom stereocenters. The Bertz CT molecular complexity index is 1250. The van der Waals surface area contributed by atoms with Crippen molar-refractivity contribution in [2.75, 3.05) is 11.3 Å². The van der Waals surface area contributed by atoms with Gasteiger partial charge in [0, 0.05) is 40.5 Å². The Hall–Kier alpha value is -3.31. The molecule has 1 amide bonds. The number of nitrogens with one attached hydrogen (secondary N) is 2. The first-order valence-corrected chi connectivity index (χ1v) is 12.6. The van der Waals surface area contributed by atoms with Crippen LogP contribution in [0.2, 0.25) is 0 Å². The van der Waals surface area contributed by atoms with Crippen molar-refractivity contribution in [3.05, 3.63) is 79.8 Å². The summed E-state index contributed by atoms with van der Waals surface area (Å²) in [6.45, 7) is 4.03. The number of benzene rings is 2. The summed E-state index contributed by atoms with van der Waals surface area (Å²) < 4.78 is 27.6. The molecule has 33 heavy (non-hydrogen) atoms. The lowest BCUT2D eigenvalue weighted by molar-refractivity contribution is -0.385. The molecular formula is C22H24N4O5S2. The topological polar surface area (TPSA) is 131 Å². The Morgan fingerprint density at radius 1 is 1.12 bits per heavy atom. The molecule has 9 nitrogen and oxygen atoms in total. The number of carbonyl (C=O) groups excluding carboxylic acids is 1. The molecule has 1 aromatic heterocycles. The van der Waals surface area contributed by atoms with E-state index >= 15 is 0 Å². The van der Waals surface area contributed by atoms with Crippen LogP contribution in [0.25, 0.3) is 0 Å². The Labute approximate surface area is 196 Å². The number of sulfonamides is 1. The second kappa shape index (κ2) is 10.5. The average Bonchev–Trinajstić information content (AvgIpc) is 3.18. The first kappa shape index (κ1) is 24.3. The number of aromatic nitrogens is 1. The van der Waals surface area contributed by atoms with E-state index in [0.29, 0.717) is 17.7 Å². The van der Waals surface area contributed by atoms with Gasteiger partial charge in [0.15, 0.2) is 0 Å². The van der Waals surface area contributed by atoms with Gasteiger partial charge in [0.1, 0.15) is 0 Å². The zero-order chi connectivity index (χ0) is 24.0. The van der Waals surface area contributed by atoms with Crippen molar-refractivity contribution in [1.82, 2.24) is 10.3 Å². The van der Waals surface area contributed by atoms with Crippen molar-refractivity contribution >= 4 is 38.6 Å². The summed E-state index contributed by atoms with van der Waals surface area (Å²) in [7, 11) is -4.02. The maximum atomic E-state index is 12.6. The average molecular weight is 489 g/mol. The monoisotopic (exact) mass is 488 g/mol. The van der Waals surface area contributed by atoms with Crippen LogP contribution in [0.1, 0.15) is 39.5 Å². The number of thiazole rings is 1. The summed E-state index contributed by atoms with van der Waals surface area (Å²) in [6.07, 6.45) is 2.63. The Balaban J connectivity index is 1.53. The number of hydrogen-bond acceptors (Lipinski definition) is 7. The van der Waals surface area contributed by atoms with Crippen LogP contribution in [0.15, 0.2) is 52.7 Å². The molecule has 0 spiro atoms. The van der Waals surface area contributed by atoms with Gasteiger partial charge >= 0.3 is 0 Å². The smallest absolute Gasteiger partial charge is 0.273 e. The van der Waals surface area contributed by atoms with E-state index in [1.54, 1.807) is 11.3 Å². The Kier molecular flexibility index (Phi) is 7.77. The van der Waals surface area contributed by atoms with E-state index in [1.807, 2.05) is 12.3 Å². The quantitative estimate of drug-likeness (QED) is 0.249. The van der Waals surface area contributed by atoms with Crippen molar-refractivity contribution in [3.63, 3.8) is 0 Å². The van der Waals surface area contributed by atoms with Crippen molar-refractivity contribution in [3.8, 4) is 0 Å². The lowest BCUT2D eigenvalue weighted by atomic mass is 10.2. The van der Waals surface area contributed by atoms with Crippen molar-refractivity contribution in [2.24, 2.45) is 0 Å². The van der Waals surface area contributed by atoms with Gasteiger partial charge in [-0.05, 0) is 63.4 Å². The van der Waals surface area contributed by atoms with Crippen LogP contribution in [0.3, 0.4) is 0 Å². The second-order valence-corrected chi connectivity index (χ2v) is 10.1. The number of aryl methyl sites for hydroxylation is 3. The summed E-state index contributed by atoms with van der Waals surface area (Å²) >= 11 is 1.64. The van der Waals surface area contributed by atoms with E-state index in [2.05, 4.69) is 15.0 Å². The van der Waals surface area contributed by atoms with Crippen LogP contribution in [0.5, 0.6) is 0 Å². The van der Waals surface area contributed by atoms with Gasteiger partial charge in [0.25, 0.3) is 21.6 Å². The first-order chi connectivity index (χ1) is 15.7. The third-order valence-corrected chi connectivity index (χ3v) is 7.26. The molecule has 0 radical (unpaired) electrons. The molecule has 0 aliphatic carbocycles. The molecule has 174 valence electrons. The molecule has 0 saturated carbocycles. The van der Waals surface area contributed by atoms with Crippen LogP contribution in [0.4, 0.5) is 11.4 Å². The predicted octanol–water partition coefficient (Wildman–Crippen LogP) is 4.22. The van der Waals surface area contributed by atoms with E-state index in [-0.39, 0.29) is 22.2 Å². The normalized spacial score (nSPS) is 11.2. The van der Waals surface area contributed by atoms with Gasteiger partial charge < -0.3 is 5.32 Å². The second-order valence-electron chi connectivity index (χ2n) is 7.48. The van der Waals surface area contributed by atoms with Crippen LogP contribution in [0, 0.1) is 24.0 Å². The summed E-state index contributed by atoms with van der Waals surface area (Å²) in [4.78, 5) is 27.0. The van der Waals surface area contributed by atoms with Gasteiger partial charge in [0.05, 0.1) is 14.8 Å². The number of nitro benzene ring substituents is 1. The lowest BCUT2D eigenvalue weighted by Gasteiger charge is -2.10. The number of unbranched alkanes of at least 4 members (excludes halogenated alkanes) is 1. The van der Waals surface area contributed by atoms with Gasteiger partial charge in [-0.2, -0.15) is 0 Å². The largest absolute Gasteiger partial charge is 0.352 e. The Morgan fingerprint density at radius 2 is 1.85 bits per heavy atom. The number of rotatable bonds is 10. The fraction of sp³-hybridized carbons (Fsp3) is 0.273. The number of hydrogen-bond donors (Lipinski definition) is 2. The minimum Gasteiger partial charge on any atom is -0.352 e. The molecule has 3 aromatic rings. The molecule has 11 heteroatoms. The molecule has 0 aliphatic rings. The maximum absolute atomic E-state index is 12.6. The minimum absolute atomic E-state index is 0.213. The lowest BCUT2D eigenvalue weighted by Crippen LogP contribution is -2.24. The molecule has 0 saturated heterocycles. The molecule has 2 aromatic carbocycles. The van der Waals surface area contributed by atoms with Crippen molar-refractivity contribution < 1.29 is 18.1 Å². The Morgan fingerprint density at radius 3 is 2.48 bits per heavy atom. The molecule has 0 aliphatic heterocycles. The molecule has 1 heterocycles. The summed E-state index contributed by atoms with van der Waals surface area (Å²) in [6, 6.07) is 9.70. The van der Waals surface area contributed by atoms with Gasteiger partial charge in [-0.1, -0.05) is 6.07 Å². The molecule has 3 rings (SSSR count). The third-order valence-electron chi connectivity index (χ3n) is 4.86. The summed E-state index contributed by atoms with van der Waals surface area (Å²) in [5.74, 6) is -0.247. The highest BCUT2D eigenvalue weighted by Crippen LogP contribution is 2.24. The molecule has 0 bridgehead atoms. The molecular weight excluding hydrogens is 464 g/mol. The fourth-order valence-electron chi connectivity index (χ4n) is 3.08. The summed E-state index contributed by atoms with van der Waals surface area (Å²) in [5, 5.41) is 17.0. The van der Waals surface area contributed by atoms with Crippen molar-refractivity contribution in [2.45, 2.75) is 38.0 Å². The number of nitrogens with zero attached hydrogens (tertiary/aromatic N) is 2. The van der Waals surface area contributed by atoms with Gasteiger partial charge in [0.2, 0.25) is 0 Å². The highest BCUT2D eigenvalue weighted by molar-refractivity contribution is 7.92. The van der Waals surface area contributed by atoms with Crippen LogP contribution in [-0.2, 0) is 16.4 Å². The van der Waals surface area contributed by atoms with Crippen LogP contribution in [-0.4, -0.2) is 30.8 Å². The SMILES string of the molecule is Cc1csc(CCCCNC(=O)c2ccc(NS(=O)(=O)c3ccc(C)c([N+](=O)[O-])c3)cc2)n1. The van der Waals surface area contributed by atoms with E-state index in [9.17, 15) is 23.3 Å². The van der Waals surface area contributed by atoms with E-state index < -0.39 is 14.9 Å². The zero-order valence-corrected chi connectivity index (χ0v) is 19.8. The van der Waals surface area contributed by atoms with E-state index in [4.69, 9.17) is 0 Å². The van der Waals surface area contributed by atoms with Gasteiger partial charge in [-0.25, -0.2) is 13.4 Å². The standard InChI is InChI=1S/C22H24N4O5S2/c1-15-6-11-19(13-20(15)26(28)29)33(30,31)25-18-9-7-17(8-10-18)22(27)23-12-4-3-5-21-24-16(2)14-32-21/h6-11,13-14,25H,3-5,12H2,1-2H3,(H,23,27). The minimum atomic E-state index is -4.02. The summed E-state index contributed by atoms with van der Waals surface area (Å²) in [5.41, 5.74) is 1.77. The van der Waals surface area contributed by atoms with Gasteiger partial charge in [-0.15, -0.1) is 11.3 Å². The first-order valence-electron chi connectivity index (χ1n) is 10.2. The number of nitro groups is 1. The highest BCUT2D eigenvalue weighted by atomic mass is 32.2. The molecule has 2 N–H and O–H groups in total.